The monoisotopic (exact) mass is 397 g/mol. The summed E-state index contributed by atoms with van der Waals surface area (Å²) in [4.78, 5) is 31.5. The van der Waals surface area contributed by atoms with Crippen LogP contribution in [0.2, 0.25) is 0 Å². The van der Waals surface area contributed by atoms with E-state index in [1.165, 1.54) is 22.7 Å². The molecule has 144 valence electrons. The van der Waals surface area contributed by atoms with E-state index in [1.807, 2.05) is 18.2 Å². The van der Waals surface area contributed by atoms with Gasteiger partial charge in [0.2, 0.25) is 5.91 Å². The largest absolute Gasteiger partial charge is 0.341 e. The lowest BCUT2D eigenvalue weighted by Crippen LogP contribution is -2.29. The third kappa shape index (κ3) is 3.80. The fourth-order valence-corrected chi connectivity index (χ4v) is 4.10. The molecular weight excluding hydrogens is 377 g/mol. The Morgan fingerprint density at radius 1 is 1.21 bits per heavy atom. The van der Waals surface area contributed by atoms with Gasteiger partial charge in [-0.25, -0.2) is 9.37 Å². The van der Waals surface area contributed by atoms with Crippen molar-refractivity contribution in [2.75, 3.05) is 12.8 Å². The lowest BCUT2D eigenvalue weighted by atomic mass is 10.2. The van der Waals surface area contributed by atoms with Gasteiger partial charge < -0.3 is 4.90 Å². The minimum absolute atomic E-state index is 0.0530. The number of rotatable bonds is 6. The third-order valence-corrected chi connectivity index (χ3v) is 5.74. The van der Waals surface area contributed by atoms with Gasteiger partial charge in [-0.2, -0.15) is 0 Å². The Hall–Kier alpha value is -2.67. The molecule has 1 saturated carbocycles. The van der Waals surface area contributed by atoms with Crippen molar-refractivity contribution < 1.29 is 9.18 Å². The topological polar surface area (TPSA) is 55.2 Å². The summed E-state index contributed by atoms with van der Waals surface area (Å²) in [7, 11) is 1.65. The Bertz CT molecular complexity index is 1090. The summed E-state index contributed by atoms with van der Waals surface area (Å²) in [6.45, 7) is 0.201. The molecule has 1 heterocycles. The maximum absolute atomic E-state index is 13.8. The molecule has 1 aromatic heterocycles. The summed E-state index contributed by atoms with van der Waals surface area (Å²) in [5.74, 6) is -0.325. The molecule has 0 saturated heterocycles. The average molecular weight is 397 g/mol. The van der Waals surface area contributed by atoms with Crippen molar-refractivity contribution in [1.82, 2.24) is 14.5 Å². The summed E-state index contributed by atoms with van der Waals surface area (Å²) >= 11 is 1.26. The van der Waals surface area contributed by atoms with E-state index >= 15 is 0 Å². The number of halogens is 1. The van der Waals surface area contributed by atoms with Crippen LogP contribution in [-0.4, -0.2) is 33.2 Å². The van der Waals surface area contributed by atoms with Gasteiger partial charge in [-0.05, 0) is 31.0 Å². The van der Waals surface area contributed by atoms with Crippen LogP contribution in [0.4, 0.5) is 4.39 Å². The quantitative estimate of drug-likeness (QED) is 0.471. The van der Waals surface area contributed by atoms with E-state index in [4.69, 9.17) is 0 Å². The molecule has 0 bridgehead atoms. The SMILES string of the molecule is CN(Cc1ccccc1F)C(=O)CSc1nc2ccccc2c(=O)n1C1CC1. The number of nitrogens with zero attached hydrogens (tertiary/aromatic N) is 3. The van der Waals surface area contributed by atoms with E-state index < -0.39 is 0 Å². The van der Waals surface area contributed by atoms with Crippen LogP contribution in [0, 0.1) is 5.82 Å². The van der Waals surface area contributed by atoms with Crippen LogP contribution < -0.4 is 5.56 Å². The number of para-hydroxylation sites is 1. The van der Waals surface area contributed by atoms with Gasteiger partial charge in [-0.15, -0.1) is 0 Å². The van der Waals surface area contributed by atoms with Gasteiger partial charge in [0.05, 0.1) is 16.7 Å². The summed E-state index contributed by atoms with van der Waals surface area (Å²) < 4.78 is 15.5. The number of thioether (sulfide) groups is 1. The zero-order chi connectivity index (χ0) is 19.7. The number of fused-ring (bicyclic) bond motifs is 1. The van der Waals surface area contributed by atoms with Crippen molar-refractivity contribution in [2.24, 2.45) is 0 Å². The number of benzene rings is 2. The standard InChI is InChI=1S/C21H20FN3O2S/c1-24(12-14-6-2-4-8-17(14)22)19(26)13-28-21-23-18-9-5-3-7-16(18)20(27)25(21)15-10-11-15/h2-9,15H,10-13H2,1H3. The van der Waals surface area contributed by atoms with E-state index in [1.54, 1.807) is 35.9 Å². The van der Waals surface area contributed by atoms with Crippen molar-refractivity contribution in [3.63, 3.8) is 0 Å². The van der Waals surface area contributed by atoms with Gasteiger partial charge in [0.15, 0.2) is 5.16 Å². The Kier molecular flexibility index (Phi) is 5.17. The first-order valence-corrected chi connectivity index (χ1v) is 10.1. The third-order valence-electron chi connectivity index (χ3n) is 4.80. The molecule has 1 aliphatic rings. The Morgan fingerprint density at radius 2 is 1.93 bits per heavy atom. The van der Waals surface area contributed by atoms with E-state index in [0.29, 0.717) is 21.6 Å². The van der Waals surface area contributed by atoms with Gasteiger partial charge in [-0.3, -0.25) is 14.2 Å². The Labute approximate surface area is 166 Å². The number of hydrogen-bond acceptors (Lipinski definition) is 4. The van der Waals surface area contributed by atoms with Gasteiger partial charge in [-0.1, -0.05) is 42.1 Å². The van der Waals surface area contributed by atoms with E-state index in [9.17, 15) is 14.0 Å². The molecular formula is C21H20FN3O2S. The van der Waals surface area contributed by atoms with Gasteiger partial charge in [0.1, 0.15) is 5.82 Å². The molecule has 0 radical (unpaired) electrons. The van der Waals surface area contributed by atoms with Gasteiger partial charge >= 0.3 is 0 Å². The van der Waals surface area contributed by atoms with Crippen LogP contribution in [0.1, 0.15) is 24.4 Å². The van der Waals surface area contributed by atoms with Crippen LogP contribution in [0.15, 0.2) is 58.5 Å². The molecule has 0 spiro atoms. The predicted octanol–water partition coefficient (Wildman–Crippen LogP) is 3.62. The first-order valence-electron chi connectivity index (χ1n) is 9.16. The molecule has 0 atom stereocenters. The van der Waals surface area contributed by atoms with Crippen LogP contribution in [0.25, 0.3) is 10.9 Å². The fourth-order valence-electron chi connectivity index (χ4n) is 3.09. The summed E-state index contributed by atoms with van der Waals surface area (Å²) in [6.07, 6.45) is 1.91. The molecule has 2 aromatic carbocycles. The van der Waals surface area contributed by atoms with Crippen molar-refractivity contribution in [3.8, 4) is 0 Å². The van der Waals surface area contributed by atoms with Crippen molar-refractivity contribution in [1.29, 1.82) is 0 Å². The second-order valence-corrected chi connectivity index (χ2v) is 7.89. The molecule has 0 N–H and O–H groups in total. The first-order chi connectivity index (χ1) is 13.5. The summed E-state index contributed by atoms with van der Waals surface area (Å²) in [5, 5.41) is 1.17. The normalized spacial score (nSPS) is 13.6. The lowest BCUT2D eigenvalue weighted by Gasteiger charge is -2.18. The van der Waals surface area contributed by atoms with Crippen LogP contribution in [0.5, 0.6) is 0 Å². The summed E-state index contributed by atoms with van der Waals surface area (Å²) in [6, 6.07) is 13.9. The van der Waals surface area contributed by atoms with Crippen molar-refractivity contribution in [2.45, 2.75) is 30.6 Å². The van der Waals surface area contributed by atoms with Gasteiger partial charge in [0.25, 0.3) is 5.56 Å². The zero-order valence-electron chi connectivity index (χ0n) is 15.5. The van der Waals surface area contributed by atoms with Crippen molar-refractivity contribution in [3.05, 3.63) is 70.3 Å². The number of carbonyl (C=O) groups is 1. The zero-order valence-corrected chi connectivity index (χ0v) is 16.3. The number of carbonyl (C=O) groups excluding carboxylic acids is 1. The number of hydrogen-bond donors (Lipinski definition) is 0. The maximum Gasteiger partial charge on any atom is 0.262 e. The maximum atomic E-state index is 13.8. The molecule has 1 aliphatic carbocycles. The highest BCUT2D eigenvalue weighted by atomic mass is 32.2. The average Bonchev–Trinajstić information content (AvgIpc) is 3.53. The van der Waals surface area contributed by atoms with Crippen LogP contribution in [-0.2, 0) is 11.3 Å². The molecule has 0 aliphatic heterocycles. The minimum Gasteiger partial charge on any atom is -0.341 e. The highest BCUT2D eigenvalue weighted by molar-refractivity contribution is 7.99. The smallest absolute Gasteiger partial charge is 0.262 e. The number of aromatic nitrogens is 2. The van der Waals surface area contributed by atoms with Crippen LogP contribution >= 0.6 is 11.8 Å². The Morgan fingerprint density at radius 3 is 2.68 bits per heavy atom. The summed E-state index contributed by atoms with van der Waals surface area (Å²) in [5.41, 5.74) is 1.06. The van der Waals surface area contributed by atoms with E-state index in [-0.39, 0.29) is 35.6 Å². The van der Waals surface area contributed by atoms with Gasteiger partial charge in [0, 0.05) is 25.2 Å². The second kappa shape index (κ2) is 7.75. The van der Waals surface area contributed by atoms with Crippen LogP contribution in [0.3, 0.4) is 0 Å². The minimum atomic E-state index is -0.325. The fraction of sp³-hybridized carbons (Fsp3) is 0.286. The molecule has 28 heavy (non-hydrogen) atoms. The molecule has 1 amide bonds. The highest BCUT2D eigenvalue weighted by Crippen LogP contribution is 2.36. The second-order valence-electron chi connectivity index (χ2n) is 6.95. The molecule has 1 fully saturated rings. The predicted molar refractivity (Wildman–Crippen MR) is 108 cm³/mol. The Balaban J connectivity index is 1.52. The van der Waals surface area contributed by atoms with E-state index in [0.717, 1.165) is 12.8 Å². The number of amides is 1. The highest BCUT2D eigenvalue weighted by Gasteiger charge is 2.29. The molecule has 4 rings (SSSR count). The molecule has 7 heteroatoms. The lowest BCUT2D eigenvalue weighted by molar-refractivity contribution is -0.127. The van der Waals surface area contributed by atoms with E-state index in [2.05, 4.69) is 4.98 Å². The molecule has 5 nitrogen and oxygen atoms in total. The van der Waals surface area contributed by atoms with Crippen molar-refractivity contribution >= 4 is 28.6 Å². The molecule has 3 aromatic rings. The first kappa shape index (κ1) is 18.7. The molecule has 0 unspecified atom stereocenters.